The molecule has 126 valence electrons. The zero-order chi connectivity index (χ0) is 17.3. The molecule has 0 saturated carbocycles. The number of hydrogen-bond acceptors (Lipinski definition) is 5. The highest BCUT2D eigenvalue weighted by Gasteiger charge is 2.25. The predicted molar refractivity (Wildman–Crippen MR) is 87.8 cm³/mol. The van der Waals surface area contributed by atoms with Gasteiger partial charge in [0.2, 0.25) is 0 Å². The number of pyridine rings is 1. The summed E-state index contributed by atoms with van der Waals surface area (Å²) in [7, 11) is 1.29. The molecule has 2 N–H and O–H groups in total. The Morgan fingerprint density at radius 1 is 1.50 bits per heavy atom. The van der Waals surface area contributed by atoms with Gasteiger partial charge in [-0.25, -0.2) is 13.8 Å². The molecular formula is C15H12ClF2N3O2S. The molecule has 5 nitrogen and oxygen atoms in total. The number of amides is 1. The van der Waals surface area contributed by atoms with Crippen LogP contribution in [0.25, 0.3) is 0 Å². The van der Waals surface area contributed by atoms with Crippen LogP contribution in [0.4, 0.5) is 14.5 Å². The molecule has 1 amide bonds. The van der Waals surface area contributed by atoms with Crippen LogP contribution in [0, 0.1) is 11.6 Å². The summed E-state index contributed by atoms with van der Waals surface area (Å²) in [6, 6.07) is 3.88. The minimum Gasteiger partial charge on any atom is -0.487 e. The fraction of sp³-hybridized carbons (Fsp3) is 0.200. The maximum atomic E-state index is 14.3. The van der Waals surface area contributed by atoms with E-state index in [9.17, 15) is 13.6 Å². The second-order valence-corrected chi connectivity index (χ2v) is 6.51. The summed E-state index contributed by atoms with van der Waals surface area (Å²) in [5.74, 6) is -3.02. The molecule has 0 aliphatic carbocycles. The Hall–Kier alpha value is -2.06. The molecule has 2 heterocycles. The SMILES string of the molecule is CNC(=O)c1c(F)ccc(OCC2Nc3cc(Cl)cnc3S2)c1F. The topological polar surface area (TPSA) is 63.2 Å². The van der Waals surface area contributed by atoms with E-state index in [4.69, 9.17) is 16.3 Å². The Bertz CT molecular complexity index is 807. The second-order valence-electron chi connectivity index (χ2n) is 4.88. The molecule has 3 rings (SSSR count). The molecule has 1 aromatic carbocycles. The standard InChI is InChI=1S/C15H12ClF2N3O2S/c1-19-14(22)12-8(17)2-3-10(13(12)18)23-6-11-21-9-4-7(16)5-20-15(9)24-11/h2-5,11,21H,6H2,1H3,(H,19,22). The molecule has 0 saturated heterocycles. The van der Waals surface area contributed by atoms with Crippen molar-refractivity contribution >= 4 is 35.0 Å². The van der Waals surface area contributed by atoms with Crippen LogP contribution in [-0.4, -0.2) is 29.9 Å². The number of hydrogen-bond donors (Lipinski definition) is 2. The molecule has 1 atom stereocenters. The number of thioether (sulfide) groups is 1. The van der Waals surface area contributed by atoms with E-state index in [1.807, 2.05) is 0 Å². The minimum absolute atomic E-state index is 0.0916. The van der Waals surface area contributed by atoms with Crippen molar-refractivity contribution in [3.05, 3.63) is 46.6 Å². The van der Waals surface area contributed by atoms with E-state index in [1.54, 1.807) is 6.07 Å². The average molecular weight is 372 g/mol. The molecule has 1 aromatic heterocycles. The molecule has 0 spiro atoms. The van der Waals surface area contributed by atoms with Gasteiger partial charge in [-0.15, -0.1) is 0 Å². The van der Waals surface area contributed by atoms with E-state index in [-0.39, 0.29) is 17.7 Å². The Morgan fingerprint density at radius 3 is 3.04 bits per heavy atom. The van der Waals surface area contributed by atoms with Gasteiger partial charge in [0.25, 0.3) is 5.91 Å². The summed E-state index contributed by atoms with van der Waals surface area (Å²) in [4.78, 5) is 15.7. The number of nitrogens with one attached hydrogen (secondary N) is 2. The highest BCUT2D eigenvalue weighted by atomic mass is 35.5. The van der Waals surface area contributed by atoms with Crippen molar-refractivity contribution in [1.82, 2.24) is 10.3 Å². The van der Waals surface area contributed by atoms with Gasteiger partial charge in [-0.05, 0) is 18.2 Å². The van der Waals surface area contributed by atoms with E-state index in [0.717, 1.165) is 22.8 Å². The first kappa shape index (κ1) is 16.8. The normalized spacial score (nSPS) is 15.6. The number of rotatable bonds is 4. The zero-order valence-electron chi connectivity index (χ0n) is 12.4. The minimum atomic E-state index is -1.03. The van der Waals surface area contributed by atoms with E-state index < -0.39 is 23.1 Å². The predicted octanol–water partition coefficient (Wildman–Crippen LogP) is 3.30. The summed E-state index contributed by atoms with van der Waals surface area (Å²) in [6.07, 6.45) is 1.54. The van der Waals surface area contributed by atoms with Crippen LogP contribution in [0.2, 0.25) is 5.02 Å². The summed E-state index contributed by atoms with van der Waals surface area (Å²) in [5.41, 5.74) is 0.102. The Kier molecular flexibility index (Phi) is 4.77. The Balaban J connectivity index is 1.71. The van der Waals surface area contributed by atoms with Crippen molar-refractivity contribution in [1.29, 1.82) is 0 Å². The number of ether oxygens (including phenoxy) is 1. The fourth-order valence-electron chi connectivity index (χ4n) is 2.18. The number of carbonyl (C=O) groups excluding carboxylic acids is 1. The summed E-state index contributed by atoms with van der Waals surface area (Å²) in [6.45, 7) is 0.0916. The largest absolute Gasteiger partial charge is 0.487 e. The van der Waals surface area contributed by atoms with Gasteiger partial charge in [-0.3, -0.25) is 4.79 Å². The van der Waals surface area contributed by atoms with Crippen LogP contribution in [0.5, 0.6) is 5.75 Å². The lowest BCUT2D eigenvalue weighted by molar-refractivity contribution is 0.0953. The van der Waals surface area contributed by atoms with Gasteiger partial charge in [-0.2, -0.15) is 0 Å². The third kappa shape index (κ3) is 3.25. The number of halogens is 3. The van der Waals surface area contributed by atoms with E-state index >= 15 is 0 Å². The third-order valence-electron chi connectivity index (χ3n) is 3.29. The first-order valence-corrected chi connectivity index (χ1v) is 8.17. The van der Waals surface area contributed by atoms with Gasteiger partial charge in [0.15, 0.2) is 11.6 Å². The number of fused-ring (bicyclic) bond motifs is 1. The monoisotopic (exact) mass is 371 g/mol. The lowest BCUT2D eigenvalue weighted by Gasteiger charge is -2.14. The smallest absolute Gasteiger partial charge is 0.257 e. The Morgan fingerprint density at radius 2 is 2.29 bits per heavy atom. The van der Waals surface area contributed by atoms with Crippen molar-refractivity contribution in [2.45, 2.75) is 10.4 Å². The summed E-state index contributed by atoms with van der Waals surface area (Å²) >= 11 is 7.28. The van der Waals surface area contributed by atoms with Crippen molar-refractivity contribution in [2.75, 3.05) is 19.0 Å². The third-order valence-corrected chi connectivity index (χ3v) is 4.58. The van der Waals surface area contributed by atoms with Crippen molar-refractivity contribution in [3.8, 4) is 5.75 Å². The maximum absolute atomic E-state index is 14.3. The zero-order valence-corrected chi connectivity index (χ0v) is 14.0. The molecule has 2 aromatic rings. The quantitative estimate of drug-likeness (QED) is 0.863. The van der Waals surface area contributed by atoms with Crippen LogP contribution in [-0.2, 0) is 0 Å². The van der Waals surface area contributed by atoms with Crippen LogP contribution >= 0.6 is 23.4 Å². The lowest BCUT2D eigenvalue weighted by Crippen LogP contribution is -2.23. The molecule has 0 bridgehead atoms. The van der Waals surface area contributed by atoms with Gasteiger partial charge >= 0.3 is 0 Å². The first-order chi connectivity index (χ1) is 11.5. The molecule has 9 heteroatoms. The van der Waals surface area contributed by atoms with Crippen LogP contribution in [0.15, 0.2) is 29.4 Å². The van der Waals surface area contributed by atoms with Crippen molar-refractivity contribution < 1.29 is 18.3 Å². The van der Waals surface area contributed by atoms with Gasteiger partial charge in [0.05, 0.1) is 10.7 Å². The van der Waals surface area contributed by atoms with E-state index in [0.29, 0.717) is 5.02 Å². The van der Waals surface area contributed by atoms with Crippen LogP contribution in [0.1, 0.15) is 10.4 Å². The lowest BCUT2D eigenvalue weighted by atomic mass is 10.1. The van der Waals surface area contributed by atoms with Gasteiger partial charge in [0, 0.05) is 13.2 Å². The van der Waals surface area contributed by atoms with E-state index in [2.05, 4.69) is 15.6 Å². The van der Waals surface area contributed by atoms with Gasteiger partial charge in [0.1, 0.15) is 28.4 Å². The highest BCUT2D eigenvalue weighted by molar-refractivity contribution is 8.00. The summed E-state index contributed by atoms with van der Waals surface area (Å²) in [5, 5.41) is 6.39. The van der Waals surface area contributed by atoms with Gasteiger partial charge < -0.3 is 15.4 Å². The number of benzene rings is 1. The fourth-order valence-corrected chi connectivity index (χ4v) is 3.29. The maximum Gasteiger partial charge on any atom is 0.257 e. The van der Waals surface area contributed by atoms with Crippen molar-refractivity contribution in [3.63, 3.8) is 0 Å². The van der Waals surface area contributed by atoms with E-state index in [1.165, 1.54) is 25.0 Å². The molecule has 24 heavy (non-hydrogen) atoms. The molecular weight excluding hydrogens is 360 g/mol. The molecule has 1 unspecified atom stereocenters. The number of carbonyl (C=O) groups is 1. The molecule has 1 aliphatic heterocycles. The van der Waals surface area contributed by atoms with Gasteiger partial charge in [-0.1, -0.05) is 23.4 Å². The first-order valence-electron chi connectivity index (χ1n) is 6.91. The van der Waals surface area contributed by atoms with Crippen molar-refractivity contribution in [2.24, 2.45) is 0 Å². The number of aromatic nitrogens is 1. The molecule has 0 radical (unpaired) electrons. The summed E-state index contributed by atoms with van der Waals surface area (Å²) < 4.78 is 33.3. The highest BCUT2D eigenvalue weighted by Crippen LogP contribution is 2.38. The number of nitrogens with zero attached hydrogens (tertiary/aromatic N) is 1. The molecule has 1 aliphatic rings. The average Bonchev–Trinajstić information content (AvgIpc) is 2.95. The Labute approximate surface area is 145 Å². The van der Waals surface area contributed by atoms with Crippen LogP contribution in [0.3, 0.4) is 0 Å². The number of anilines is 1. The molecule has 0 fully saturated rings. The van der Waals surface area contributed by atoms with Crippen LogP contribution < -0.4 is 15.4 Å². The second kappa shape index (κ2) is 6.82.